The lowest BCUT2D eigenvalue weighted by Crippen LogP contribution is -2.35. The van der Waals surface area contributed by atoms with E-state index in [9.17, 15) is 19.2 Å². The van der Waals surface area contributed by atoms with E-state index in [0.717, 1.165) is 11.0 Å². The summed E-state index contributed by atoms with van der Waals surface area (Å²) in [5.41, 5.74) is -0.418. The molecule has 150 valence electrons. The number of thiophene rings is 1. The molecule has 0 aliphatic carbocycles. The highest BCUT2D eigenvalue weighted by Gasteiger charge is 2.43. The van der Waals surface area contributed by atoms with Crippen LogP contribution < -0.4 is 0 Å². The number of carbonyl (C=O) groups is 2. The van der Waals surface area contributed by atoms with Gasteiger partial charge < -0.3 is 4.90 Å². The average molecular weight is 483 g/mol. The molecule has 1 unspecified atom stereocenters. The lowest BCUT2D eigenvalue weighted by Gasteiger charge is -2.25. The number of hydrogen-bond acceptors (Lipinski definition) is 5. The number of nitrogens with zero attached hydrogens (tertiary/aromatic N) is 4. The standard InChI is InChI=1S/C18H13BrF2N4O3S/c1-23-6-9(5-22-23)11-2-3-12(20)15(16(11)21)18(27)24-7-14(26)25(28)17(24)13-4-10(19)8-29-13/h2-6,8,17,28H,7H2,1H3. The van der Waals surface area contributed by atoms with Gasteiger partial charge in [0.1, 0.15) is 23.7 Å². The normalized spacial score (nSPS) is 16.7. The molecule has 1 aliphatic rings. The largest absolute Gasteiger partial charge is 0.302 e. The number of aryl methyl sites for hydroxylation is 1. The summed E-state index contributed by atoms with van der Waals surface area (Å²) in [4.78, 5) is 26.5. The highest BCUT2D eigenvalue weighted by atomic mass is 79.9. The maximum Gasteiger partial charge on any atom is 0.268 e. The van der Waals surface area contributed by atoms with Crippen molar-refractivity contribution in [2.45, 2.75) is 6.17 Å². The first-order valence-electron chi connectivity index (χ1n) is 8.30. The maximum absolute atomic E-state index is 15.2. The maximum atomic E-state index is 15.2. The molecule has 4 rings (SSSR count). The average Bonchev–Trinajstić information content (AvgIpc) is 3.35. The van der Waals surface area contributed by atoms with E-state index in [4.69, 9.17) is 0 Å². The van der Waals surface area contributed by atoms with Crippen molar-refractivity contribution >= 4 is 39.1 Å². The molecule has 3 heterocycles. The van der Waals surface area contributed by atoms with Gasteiger partial charge in [-0.25, -0.2) is 8.78 Å². The van der Waals surface area contributed by atoms with Crippen molar-refractivity contribution in [1.82, 2.24) is 19.7 Å². The van der Waals surface area contributed by atoms with Gasteiger partial charge in [-0.05, 0) is 34.1 Å². The third-order valence-electron chi connectivity index (χ3n) is 4.51. The van der Waals surface area contributed by atoms with E-state index < -0.39 is 41.7 Å². The second-order valence-corrected chi connectivity index (χ2v) is 8.26. The Kier molecular flexibility index (Phi) is 4.97. The number of halogens is 3. The fourth-order valence-corrected chi connectivity index (χ4v) is 4.71. The number of rotatable bonds is 3. The van der Waals surface area contributed by atoms with Gasteiger partial charge in [0, 0.05) is 34.2 Å². The first-order chi connectivity index (χ1) is 13.8. The van der Waals surface area contributed by atoms with Gasteiger partial charge in [-0.15, -0.1) is 11.3 Å². The Morgan fingerprint density at radius 1 is 1.38 bits per heavy atom. The first kappa shape index (κ1) is 19.7. The molecule has 1 aliphatic heterocycles. The third kappa shape index (κ3) is 3.34. The molecule has 29 heavy (non-hydrogen) atoms. The van der Waals surface area contributed by atoms with Crippen molar-refractivity contribution in [3.63, 3.8) is 0 Å². The van der Waals surface area contributed by atoms with Crippen LogP contribution in [0.5, 0.6) is 0 Å². The molecule has 0 radical (unpaired) electrons. The van der Waals surface area contributed by atoms with E-state index in [1.807, 2.05) is 0 Å². The predicted molar refractivity (Wildman–Crippen MR) is 103 cm³/mol. The molecule has 1 N–H and O–H groups in total. The summed E-state index contributed by atoms with van der Waals surface area (Å²) in [6.07, 6.45) is 1.75. The molecule has 2 aromatic heterocycles. The van der Waals surface area contributed by atoms with Crippen molar-refractivity contribution in [3.05, 3.63) is 62.5 Å². The highest BCUT2D eigenvalue weighted by molar-refractivity contribution is 9.10. The quantitative estimate of drug-likeness (QED) is 0.578. The van der Waals surface area contributed by atoms with E-state index in [2.05, 4.69) is 21.0 Å². The fraction of sp³-hybridized carbons (Fsp3) is 0.167. The van der Waals surface area contributed by atoms with Crippen molar-refractivity contribution in [2.24, 2.45) is 7.05 Å². The van der Waals surface area contributed by atoms with Crippen LogP contribution in [0.4, 0.5) is 8.78 Å². The Balaban J connectivity index is 1.78. The van der Waals surface area contributed by atoms with Crippen LogP contribution in [0.3, 0.4) is 0 Å². The zero-order valence-electron chi connectivity index (χ0n) is 14.8. The molecule has 1 atom stereocenters. The van der Waals surface area contributed by atoms with Crippen LogP contribution in [0.2, 0.25) is 0 Å². The second-order valence-electron chi connectivity index (χ2n) is 6.40. The molecule has 1 saturated heterocycles. The van der Waals surface area contributed by atoms with Gasteiger partial charge in [0.25, 0.3) is 11.8 Å². The molecule has 0 spiro atoms. The zero-order chi connectivity index (χ0) is 20.9. The Bertz CT molecular complexity index is 1130. The van der Waals surface area contributed by atoms with Crippen LogP contribution >= 0.6 is 27.3 Å². The van der Waals surface area contributed by atoms with Crippen LogP contribution in [0.25, 0.3) is 11.1 Å². The molecule has 1 fully saturated rings. The zero-order valence-corrected chi connectivity index (χ0v) is 17.2. The third-order valence-corrected chi connectivity index (χ3v) is 6.25. The van der Waals surface area contributed by atoms with E-state index in [1.54, 1.807) is 18.5 Å². The molecular weight excluding hydrogens is 470 g/mol. The molecule has 1 aromatic carbocycles. The van der Waals surface area contributed by atoms with Gasteiger partial charge >= 0.3 is 0 Å². The molecule has 2 amide bonds. The molecule has 0 bridgehead atoms. The van der Waals surface area contributed by atoms with Crippen molar-refractivity contribution < 1.29 is 23.6 Å². The number of amides is 2. The number of aromatic nitrogens is 2. The summed E-state index contributed by atoms with van der Waals surface area (Å²) in [6, 6.07) is 3.83. The summed E-state index contributed by atoms with van der Waals surface area (Å²) in [6.45, 7) is -0.508. The topological polar surface area (TPSA) is 78.7 Å². The minimum Gasteiger partial charge on any atom is -0.302 e. The summed E-state index contributed by atoms with van der Waals surface area (Å²) < 4.78 is 31.8. The van der Waals surface area contributed by atoms with Gasteiger partial charge in [-0.3, -0.25) is 19.5 Å². The summed E-state index contributed by atoms with van der Waals surface area (Å²) in [5, 5.41) is 16.2. The molecular formula is C18H13BrF2N4O3S. The predicted octanol–water partition coefficient (Wildman–Crippen LogP) is 3.56. The Labute approximate surface area is 175 Å². The molecule has 3 aromatic rings. The summed E-state index contributed by atoms with van der Waals surface area (Å²) in [5.74, 6) is -3.91. The van der Waals surface area contributed by atoms with E-state index in [1.165, 1.54) is 34.5 Å². The SMILES string of the molecule is Cn1cc(-c2ccc(F)c(C(=O)N3CC(=O)N(O)C3c3cc(Br)cs3)c2F)cn1. The van der Waals surface area contributed by atoms with Gasteiger partial charge in [0.2, 0.25) is 0 Å². The van der Waals surface area contributed by atoms with E-state index in [-0.39, 0.29) is 5.56 Å². The fourth-order valence-electron chi connectivity index (χ4n) is 3.17. The van der Waals surface area contributed by atoms with Crippen LogP contribution in [0.1, 0.15) is 21.4 Å². The minimum absolute atomic E-state index is 0.00430. The number of benzene rings is 1. The van der Waals surface area contributed by atoms with Crippen LogP contribution in [-0.4, -0.2) is 43.3 Å². The van der Waals surface area contributed by atoms with Crippen LogP contribution in [-0.2, 0) is 11.8 Å². The van der Waals surface area contributed by atoms with Gasteiger partial charge in [0.05, 0.1) is 11.1 Å². The van der Waals surface area contributed by atoms with Crippen molar-refractivity contribution in [1.29, 1.82) is 0 Å². The summed E-state index contributed by atoms with van der Waals surface area (Å²) in [7, 11) is 1.65. The Hall–Kier alpha value is -2.63. The summed E-state index contributed by atoms with van der Waals surface area (Å²) >= 11 is 4.46. The molecule has 11 heteroatoms. The van der Waals surface area contributed by atoms with Crippen LogP contribution in [0.15, 0.2) is 40.4 Å². The monoisotopic (exact) mass is 482 g/mol. The lowest BCUT2D eigenvalue weighted by molar-refractivity contribution is -0.168. The van der Waals surface area contributed by atoms with Gasteiger partial charge in [-0.2, -0.15) is 10.2 Å². The van der Waals surface area contributed by atoms with Crippen molar-refractivity contribution in [3.8, 4) is 11.1 Å². The first-order valence-corrected chi connectivity index (χ1v) is 9.98. The highest BCUT2D eigenvalue weighted by Crippen LogP contribution is 2.37. The smallest absolute Gasteiger partial charge is 0.268 e. The van der Waals surface area contributed by atoms with E-state index >= 15 is 4.39 Å². The minimum atomic E-state index is -1.17. The van der Waals surface area contributed by atoms with Crippen molar-refractivity contribution in [2.75, 3.05) is 6.54 Å². The van der Waals surface area contributed by atoms with Gasteiger partial charge in [-0.1, -0.05) is 0 Å². The number of hydrogen-bond donors (Lipinski definition) is 1. The molecule has 7 nitrogen and oxygen atoms in total. The second kappa shape index (κ2) is 7.32. The van der Waals surface area contributed by atoms with Crippen LogP contribution in [0, 0.1) is 11.6 Å². The number of carbonyl (C=O) groups excluding carboxylic acids is 2. The Morgan fingerprint density at radius 2 is 2.14 bits per heavy atom. The van der Waals surface area contributed by atoms with Gasteiger partial charge in [0.15, 0.2) is 6.17 Å². The van der Waals surface area contributed by atoms with E-state index in [0.29, 0.717) is 20.0 Å². The molecule has 0 saturated carbocycles. The Morgan fingerprint density at radius 3 is 2.76 bits per heavy atom. The lowest BCUT2D eigenvalue weighted by atomic mass is 10.0. The number of hydroxylamine groups is 2.